The first-order valence-electron chi connectivity index (χ1n) is 7.75. The van der Waals surface area contributed by atoms with E-state index in [-0.39, 0.29) is 0 Å². The minimum absolute atomic E-state index is 0.436. The number of hydrogen-bond acceptors (Lipinski definition) is 2. The molecule has 0 aliphatic carbocycles. The number of aryl methyl sites for hydroxylation is 1. The molecule has 1 N–H and O–H groups in total. The van der Waals surface area contributed by atoms with Gasteiger partial charge in [-0.1, -0.05) is 54.1 Å². The Bertz CT molecular complexity index is 754. The van der Waals surface area contributed by atoms with Crippen molar-refractivity contribution in [2.75, 3.05) is 0 Å². The topological polar surface area (TPSA) is 29.5 Å². The summed E-state index contributed by atoms with van der Waals surface area (Å²) in [5.74, 6) is 1.66. The lowest BCUT2D eigenvalue weighted by Crippen LogP contribution is -1.90. The number of aliphatic hydroxyl groups is 1. The van der Waals surface area contributed by atoms with Crippen LogP contribution in [0.5, 0.6) is 11.5 Å². The van der Waals surface area contributed by atoms with Crippen molar-refractivity contribution in [3.05, 3.63) is 83.9 Å². The Morgan fingerprint density at radius 2 is 1.13 bits per heavy atom. The van der Waals surface area contributed by atoms with Crippen LogP contribution in [0.4, 0.5) is 0 Å². The van der Waals surface area contributed by atoms with Gasteiger partial charge in [-0.25, -0.2) is 0 Å². The van der Waals surface area contributed by atoms with E-state index in [2.05, 4.69) is 6.92 Å². The SMILES string of the molecule is Cc1ccc(Oc2ccc(-c3ccc(C(C)O)cc3)cc2)cc1. The van der Waals surface area contributed by atoms with Crippen molar-refractivity contribution in [1.29, 1.82) is 0 Å². The van der Waals surface area contributed by atoms with E-state index in [9.17, 15) is 5.11 Å². The monoisotopic (exact) mass is 304 g/mol. The molecule has 0 bridgehead atoms. The van der Waals surface area contributed by atoms with Crippen LogP contribution in [0.25, 0.3) is 11.1 Å². The Morgan fingerprint density at radius 1 is 0.696 bits per heavy atom. The molecule has 0 aliphatic heterocycles. The van der Waals surface area contributed by atoms with Crippen LogP contribution in [-0.4, -0.2) is 5.11 Å². The number of benzene rings is 3. The molecule has 0 aliphatic rings. The van der Waals surface area contributed by atoms with Crippen molar-refractivity contribution >= 4 is 0 Å². The van der Waals surface area contributed by atoms with Crippen LogP contribution in [0.15, 0.2) is 72.8 Å². The smallest absolute Gasteiger partial charge is 0.127 e. The van der Waals surface area contributed by atoms with Gasteiger partial charge in [0, 0.05) is 0 Å². The second-order valence-corrected chi connectivity index (χ2v) is 5.74. The van der Waals surface area contributed by atoms with Crippen LogP contribution in [0.1, 0.15) is 24.2 Å². The number of aliphatic hydroxyl groups excluding tert-OH is 1. The maximum Gasteiger partial charge on any atom is 0.127 e. The quantitative estimate of drug-likeness (QED) is 0.689. The van der Waals surface area contributed by atoms with Gasteiger partial charge in [-0.2, -0.15) is 0 Å². The Morgan fingerprint density at radius 3 is 1.61 bits per heavy atom. The molecular weight excluding hydrogens is 284 g/mol. The molecule has 1 atom stereocenters. The van der Waals surface area contributed by atoms with E-state index in [1.165, 1.54) is 5.56 Å². The first-order chi connectivity index (χ1) is 11.1. The fraction of sp³-hybridized carbons (Fsp3) is 0.143. The van der Waals surface area contributed by atoms with Crippen LogP contribution in [0, 0.1) is 6.92 Å². The summed E-state index contributed by atoms with van der Waals surface area (Å²) in [4.78, 5) is 0. The van der Waals surface area contributed by atoms with Crippen molar-refractivity contribution in [2.45, 2.75) is 20.0 Å². The zero-order valence-electron chi connectivity index (χ0n) is 13.4. The van der Waals surface area contributed by atoms with Crippen molar-refractivity contribution in [3.8, 4) is 22.6 Å². The molecule has 3 aromatic rings. The molecule has 116 valence electrons. The van der Waals surface area contributed by atoms with E-state index in [1.807, 2.05) is 72.8 Å². The molecular formula is C21H20O2. The Labute approximate surface area is 137 Å². The maximum absolute atomic E-state index is 9.56. The number of rotatable bonds is 4. The molecule has 0 saturated carbocycles. The van der Waals surface area contributed by atoms with Gasteiger partial charge >= 0.3 is 0 Å². The minimum Gasteiger partial charge on any atom is -0.457 e. The van der Waals surface area contributed by atoms with Crippen molar-refractivity contribution < 1.29 is 9.84 Å². The third kappa shape index (κ3) is 3.79. The van der Waals surface area contributed by atoms with Crippen LogP contribution < -0.4 is 4.74 Å². The lowest BCUT2D eigenvalue weighted by atomic mass is 10.0. The van der Waals surface area contributed by atoms with Gasteiger partial charge in [0.1, 0.15) is 11.5 Å². The fourth-order valence-electron chi connectivity index (χ4n) is 2.41. The lowest BCUT2D eigenvalue weighted by Gasteiger charge is -2.09. The zero-order valence-corrected chi connectivity index (χ0v) is 13.4. The van der Waals surface area contributed by atoms with Crippen LogP contribution in [0.3, 0.4) is 0 Å². The highest BCUT2D eigenvalue weighted by Crippen LogP contribution is 2.27. The molecule has 0 aromatic heterocycles. The third-order valence-corrected chi connectivity index (χ3v) is 3.84. The van der Waals surface area contributed by atoms with Crippen molar-refractivity contribution in [1.82, 2.24) is 0 Å². The molecule has 0 saturated heterocycles. The molecule has 0 fully saturated rings. The lowest BCUT2D eigenvalue weighted by molar-refractivity contribution is 0.199. The van der Waals surface area contributed by atoms with Gasteiger partial charge in [0.25, 0.3) is 0 Å². The zero-order chi connectivity index (χ0) is 16.2. The molecule has 3 aromatic carbocycles. The highest BCUT2D eigenvalue weighted by Gasteiger charge is 2.03. The summed E-state index contributed by atoms with van der Waals surface area (Å²) in [5, 5.41) is 9.56. The predicted octanol–water partition coefficient (Wildman–Crippen LogP) is 5.51. The Balaban J connectivity index is 1.75. The Hall–Kier alpha value is -2.58. The van der Waals surface area contributed by atoms with E-state index in [4.69, 9.17) is 4.74 Å². The molecule has 1 unspecified atom stereocenters. The molecule has 0 spiro atoms. The van der Waals surface area contributed by atoms with Crippen molar-refractivity contribution in [2.24, 2.45) is 0 Å². The summed E-state index contributed by atoms with van der Waals surface area (Å²) in [7, 11) is 0. The van der Waals surface area contributed by atoms with E-state index in [1.54, 1.807) is 6.92 Å². The van der Waals surface area contributed by atoms with E-state index >= 15 is 0 Å². The Kier molecular flexibility index (Phi) is 4.45. The average Bonchev–Trinajstić information content (AvgIpc) is 2.58. The molecule has 0 radical (unpaired) electrons. The number of ether oxygens (including phenoxy) is 1. The minimum atomic E-state index is -0.436. The van der Waals surface area contributed by atoms with E-state index in [0.717, 1.165) is 28.2 Å². The van der Waals surface area contributed by atoms with Gasteiger partial charge in [0.15, 0.2) is 0 Å². The largest absolute Gasteiger partial charge is 0.457 e. The first kappa shape index (κ1) is 15.3. The summed E-state index contributed by atoms with van der Waals surface area (Å²) in [6, 6.07) is 24.0. The van der Waals surface area contributed by atoms with Gasteiger partial charge in [-0.3, -0.25) is 0 Å². The van der Waals surface area contributed by atoms with Crippen molar-refractivity contribution in [3.63, 3.8) is 0 Å². The van der Waals surface area contributed by atoms with Crippen LogP contribution in [0.2, 0.25) is 0 Å². The molecule has 2 nitrogen and oxygen atoms in total. The molecule has 0 amide bonds. The standard InChI is InChI=1S/C21H20O2/c1-15-3-11-20(12-4-15)23-21-13-9-19(10-14-21)18-7-5-17(6-8-18)16(2)22/h3-14,16,22H,1-2H3. The molecule has 23 heavy (non-hydrogen) atoms. The van der Waals surface area contributed by atoms with E-state index in [0.29, 0.717) is 0 Å². The highest BCUT2D eigenvalue weighted by atomic mass is 16.5. The summed E-state index contributed by atoms with van der Waals surface area (Å²) >= 11 is 0. The van der Waals surface area contributed by atoms with Gasteiger partial charge in [0.2, 0.25) is 0 Å². The summed E-state index contributed by atoms with van der Waals surface area (Å²) in [6.45, 7) is 3.83. The van der Waals surface area contributed by atoms with Gasteiger partial charge < -0.3 is 9.84 Å². The predicted molar refractivity (Wildman–Crippen MR) is 93.8 cm³/mol. The fourth-order valence-corrected chi connectivity index (χ4v) is 2.41. The molecule has 0 heterocycles. The summed E-state index contributed by atoms with van der Waals surface area (Å²) < 4.78 is 5.84. The normalized spacial score (nSPS) is 12.0. The number of hydrogen-bond donors (Lipinski definition) is 1. The second kappa shape index (κ2) is 6.67. The molecule has 3 rings (SSSR count). The summed E-state index contributed by atoms with van der Waals surface area (Å²) in [6.07, 6.45) is -0.436. The van der Waals surface area contributed by atoms with Gasteiger partial charge in [-0.05, 0) is 54.8 Å². The molecule has 2 heteroatoms. The van der Waals surface area contributed by atoms with Gasteiger partial charge in [-0.15, -0.1) is 0 Å². The second-order valence-electron chi connectivity index (χ2n) is 5.74. The average molecular weight is 304 g/mol. The summed E-state index contributed by atoms with van der Waals surface area (Å²) in [5.41, 5.74) is 4.39. The third-order valence-electron chi connectivity index (χ3n) is 3.84. The van der Waals surface area contributed by atoms with E-state index < -0.39 is 6.10 Å². The maximum atomic E-state index is 9.56. The van der Waals surface area contributed by atoms with Crippen LogP contribution >= 0.6 is 0 Å². The van der Waals surface area contributed by atoms with Gasteiger partial charge in [0.05, 0.1) is 6.10 Å². The van der Waals surface area contributed by atoms with Crippen LogP contribution in [-0.2, 0) is 0 Å². The highest BCUT2D eigenvalue weighted by molar-refractivity contribution is 5.64. The first-order valence-corrected chi connectivity index (χ1v) is 7.75.